The number of pyridine rings is 1. The number of carbonyl (C=O) groups excluding carboxylic acids is 2. The Labute approximate surface area is 201 Å². The lowest BCUT2D eigenvalue weighted by molar-refractivity contribution is -0.122. The summed E-state index contributed by atoms with van der Waals surface area (Å²) in [5.41, 5.74) is 1.66. The Hall–Kier alpha value is -3.09. The molecule has 1 aromatic carbocycles. The number of carbonyl (C=O) groups is 2. The third kappa shape index (κ3) is 5.88. The highest BCUT2D eigenvalue weighted by Gasteiger charge is 2.36. The number of amides is 2. The van der Waals surface area contributed by atoms with Crippen molar-refractivity contribution in [1.29, 1.82) is 0 Å². The van der Waals surface area contributed by atoms with Gasteiger partial charge in [-0.3, -0.25) is 14.4 Å². The van der Waals surface area contributed by atoms with Crippen LogP contribution in [0, 0.1) is 5.41 Å². The van der Waals surface area contributed by atoms with Crippen molar-refractivity contribution in [2.24, 2.45) is 12.5 Å². The first-order valence-electron chi connectivity index (χ1n) is 12.4. The molecule has 7 heteroatoms. The van der Waals surface area contributed by atoms with Crippen LogP contribution in [0.3, 0.4) is 0 Å². The summed E-state index contributed by atoms with van der Waals surface area (Å²) in [4.78, 5) is 39.0. The first-order chi connectivity index (χ1) is 16.5. The standard InChI is InChI=1S/C27H35N3O4/c1-29-19-22(11-12-25(29)32)26(33)30-16-14-27(15-17-30)13-5-4-8-21-7-2-3-9-23(21)34-18-6-10-24(31)28-20-27/h2-3,7,9,11-12,19H,4-6,8,10,13-18,20H2,1H3,(H,28,31). The van der Waals surface area contributed by atoms with Gasteiger partial charge in [0.2, 0.25) is 11.5 Å². The molecule has 0 radical (unpaired) electrons. The average Bonchev–Trinajstić information content (AvgIpc) is 2.85. The third-order valence-electron chi connectivity index (χ3n) is 7.29. The zero-order valence-corrected chi connectivity index (χ0v) is 20.1. The van der Waals surface area contributed by atoms with Gasteiger partial charge in [0.25, 0.3) is 5.91 Å². The fourth-order valence-corrected chi connectivity index (χ4v) is 5.06. The Bertz CT molecular complexity index is 1070. The first-order valence-corrected chi connectivity index (χ1v) is 12.4. The van der Waals surface area contributed by atoms with Crippen molar-refractivity contribution in [2.75, 3.05) is 26.2 Å². The molecular formula is C27H35N3O4. The molecule has 2 amide bonds. The van der Waals surface area contributed by atoms with Crippen LogP contribution in [0.25, 0.3) is 0 Å². The molecular weight excluding hydrogens is 430 g/mol. The molecule has 0 aliphatic carbocycles. The van der Waals surface area contributed by atoms with Crippen LogP contribution >= 0.6 is 0 Å². The molecule has 1 aromatic heterocycles. The number of hydrogen-bond donors (Lipinski definition) is 1. The molecule has 2 aliphatic heterocycles. The van der Waals surface area contributed by atoms with E-state index in [1.54, 1.807) is 19.3 Å². The lowest BCUT2D eigenvalue weighted by Gasteiger charge is -2.42. The Morgan fingerprint density at radius 2 is 1.76 bits per heavy atom. The van der Waals surface area contributed by atoms with Gasteiger partial charge < -0.3 is 19.5 Å². The van der Waals surface area contributed by atoms with E-state index in [9.17, 15) is 14.4 Å². The van der Waals surface area contributed by atoms with Crippen molar-refractivity contribution in [3.63, 3.8) is 0 Å². The maximum atomic E-state index is 13.0. The number of fused-ring (bicyclic) bond motifs is 1. The van der Waals surface area contributed by atoms with Crippen LogP contribution in [0.2, 0.25) is 0 Å². The van der Waals surface area contributed by atoms with Gasteiger partial charge in [0.15, 0.2) is 0 Å². The Morgan fingerprint density at radius 1 is 0.971 bits per heavy atom. The molecule has 1 saturated heterocycles. The quantitative estimate of drug-likeness (QED) is 0.701. The topological polar surface area (TPSA) is 80.6 Å². The van der Waals surface area contributed by atoms with E-state index in [4.69, 9.17) is 4.74 Å². The number of nitrogens with zero attached hydrogens (tertiary/aromatic N) is 2. The van der Waals surface area contributed by atoms with E-state index >= 15 is 0 Å². The van der Waals surface area contributed by atoms with E-state index in [-0.39, 0.29) is 22.8 Å². The monoisotopic (exact) mass is 465 g/mol. The first kappa shape index (κ1) is 24.0. The van der Waals surface area contributed by atoms with Crippen molar-refractivity contribution >= 4 is 11.8 Å². The predicted octanol–water partition coefficient (Wildman–Crippen LogP) is 3.31. The van der Waals surface area contributed by atoms with Gasteiger partial charge >= 0.3 is 0 Å². The minimum atomic E-state index is -0.126. The minimum Gasteiger partial charge on any atom is -0.493 e. The summed E-state index contributed by atoms with van der Waals surface area (Å²) in [5, 5.41) is 3.17. The fourth-order valence-electron chi connectivity index (χ4n) is 5.06. The zero-order valence-electron chi connectivity index (χ0n) is 20.1. The van der Waals surface area contributed by atoms with E-state index in [0.29, 0.717) is 44.6 Å². The molecule has 1 spiro atoms. The van der Waals surface area contributed by atoms with E-state index in [1.165, 1.54) is 16.2 Å². The largest absolute Gasteiger partial charge is 0.493 e. The second-order valence-electron chi connectivity index (χ2n) is 9.70. The molecule has 4 rings (SSSR count). The number of aromatic nitrogens is 1. The molecule has 1 N–H and O–H groups in total. The van der Waals surface area contributed by atoms with Crippen LogP contribution in [-0.2, 0) is 18.3 Å². The summed E-state index contributed by atoms with van der Waals surface area (Å²) in [6, 6.07) is 11.2. The van der Waals surface area contributed by atoms with E-state index < -0.39 is 0 Å². The number of aryl methyl sites for hydroxylation is 2. The van der Waals surface area contributed by atoms with Gasteiger partial charge in [-0.1, -0.05) is 24.6 Å². The number of para-hydroxylation sites is 1. The Balaban J connectivity index is 1.41. The molecule has 0 unspecified atom stereocenters. The second kappa shape index (κ2) is 10.9. The highest BCUT2D eigenvalue weighted by molar-refractivity contribution is 5.94. The van der Waals surface area contributed by atoms with E-state index in [1.807, 2.05) is 17.0 Å². The maximum Gasteiger partial charge on any atom is 0.255 e. The summed E-state index contributed by atoms with van der Waals surface area (Å²) < 4.78 is 7.38. The lowest BCUT2D eigenvalue weighted by Crippen LogP contribution is -2.48. The SMILES string of the molecule is Cn1cc(C(=O)N2CCC3(CCCCc4ccccc4OCCCC(=O)NC3)CC2)ccc1=O. The summed E-state index contributed by atoms with van der Waals surface area (Å²) in [7, 11) is 1.66. The normalized spacial score (nSPS) is 19.4. The average molecular weight is 466 g/mol. The number of benzene rings is 1. The van der Waals surface area contributed by atoms with E-state index in [0.717, 1.165) is 44.3 Å². The number of nitrogens with one attached hydrogen (secondary N) is 1. The highest BCUT2D eigenvalue weighted by atomic mass is 16.5. The summed E-state index contributed by atoms with van der Waals surface area (Å²) in [5.74, 6) is 0.962. The Morgan fingerprint density at radius 3 is 2.56 bits per heavy atom. The lowest BCUT2D eigenvalue weighted by atomic mass is 9.74. The zero-order chi connectivity index (χ0) is 24.0. The molecule has 182 valence electrons. The highest BCUT2D eigenvalue weighted by Crippen LogP contribution is 2.37. The van der Waals surface area contributed by atoms with Crippen LogP contribution in [-0.4, -0.2) is 47.5 Å². The van der Waals surface area contributed by atoms with E-state index in [2.05, 4.69) is 17.4 Å². The predicted molar refractivity (Wildman–Crippen MR) is 131 cm³/mol. The fraction of sp³-hybridized carbons (Fsp3) is 0.519. The van der Waals surface area contributed by atoms with Crippen molar-refractivity contribution in [1.82, 2.24) is 14.8 Å². The van der Waals surface area contributed by atoms with Crippen molar-refractivity contribution < 1.29 is 14.3 Å². The summed E-state index contributed by atoms with van der Waals surface area (Å²) in [6.07, 6.45) is 8.63. The smallest absolute Gasteiger partial charge is 0.255 e. The van der Waals surface area contributed by atoms with Crippen molar-refractivity contribution in [2.45, 2.75) is 51.4 Å². The number of rotatable bonds is 1. The van der Waals surface area contributed by atoms with Crippen LogP contribution in [0.4, 0.5) is 0 Å². The van der Waals surface area contributed by atoms with Crippen molar-refractivity contribution in [3.05, 3.63) is 64.1 Å². The number of piperidine rings is 1. The Kier molecular flexibility index (Phi) is 7.70. The minimum absolute atomic E-state index is 0.0100. The molecule has 0 bridgehead atoms. The van der Waals surface area contributed by atoms with Gasteiger partial charge in [0, 0.05) is 45.4 Å². The molecule has 0 atom stereocenters. The molecule has 34 heavy (non-hydrogen) atoms. The summed E-state index contributed by atoms with van der Waals surface area (Å²) in [6.45, 7) is 2.52. The van der Waals surface area contributed by atoms with Gasteiger partial charge in [0.05, 0.1) is 12.2 Å². The number of ether oxygens (including phenoxy) is 1. The van der Waals surface area contributed by atoms with Gasteiger partial charge in [-0.2, -0.15) is 0 Å². The molecule has 0 saturated carbocycles. The number of likely N-dealkylation sites (tertiary alicyclic amines) is 1. The summed E-state index contributed by atoms with van der Waals surface area (Å²) >= 11 is 0. The number of hydrogen-bond acceptors (Lipinski definition) is 4. The van der Waals surface area contributed by atoms with Crippen LogP contribution < -0.4 is 15.6 Å². The van der Waals surface area contributed by atoms with Gasteiger partial charge in [-0.25, -0.2) is 0 Å². The molecule has 2 aromatic rings. The van der Waals surface area contributed by atoms with Gasteiger partial charge in [0.1, 0.15) is 5.75 Å². The third-order valence-corrected chi connectivity index (χ3v) is 7.29. The van der Waals surface area contributed by atoms with Crippen LogP contribution in [0.1, 0.15) is 60.9 Å². The molecule has 2 aliphatic rings. The van der Waals surface area contributed by atoms with Crippen LogP contribution in [0.15, 0.2) is 47.4 Å². The maximum absolute atomic E-state index is 13.0. The van der Waals surface area contributed by atoms with Crippen LogP contribution in [0.5, 0.6) is 5.75 Å². The molecule has 7 nitrogen and oxygen atoms in total. The second-order valence-corrected chi connectivity index (χ2v) is 9.70. The molecule has 1 fully saturated rings. The molecule has 3 heterocycles. The van der Waals surface area contributed by atoms with Gasteiger partial charge in [-0.15, -0.1) is 0 Å². The van der Waals surface area contributed by atoms with Crippen molar-refractivity contribution in [3.8, 4) is 5.75 Å². The van der Waals surface area contributed by atoms with Gasteiger partial charge in [-0.05, 0) is 61.6 Å².